The van der Waals surface area contributed by atoms with Gasteiger partial charge in [0.2, 0.25) is 0 Å². The molecule has 1 atom stereocenters. The van der Waals surface area contributed by atoms with E-state index in [-0.39, 0.29) is 11.7 Å². The Morgan fingerprint density at radius 3 is 2.45 bits per heavy atom. The van der Waals surface area contributed by atoms with E-state index in [1.165, 1.54) is 12.1 Å². The number of hydrogen-bond donors (Lipinski definition) is 1. The first-order valence-corrected chi connectivity index (χ1v) is 9.76. The van der Waals surface area contributed by atoms with Gasteiger partial charge in [0.15, 0.2) is 0 Å². The van der Waals surface area contributed by atoms with Crippen molar-refractivity contribution in [2.75, 3.05) is 0 Å². The Balaban J connectivity index is 2.21. The SMILES string of the molecule is CCc1cc(=O)oc2cc(OC(=O)[C@H](CC(C)C)NC(=O)OC(C)(C)C)ccc12. The third-order valence-electron chi connectivity index (χ3n) is 4.08. The average molecular weight is 403 g/mol. The molecule has 0 bridgehead atoms. The van der Waals surface area contributed by atoms with E-state index in [4.69, 9.17) is 13.9 Å². The van der Waals surface area contributed by atoms with Crippen molar-refractivity contribution in [2.24, 2.45) is 5.92 Å². The summed E-state index contributed by atoms with van der Waals surface area (Å²) < 4.78 is 15.9. The van der Waals surface area contributed by atoms with E-state index in [0.717, 1.165) is 10.9 Å². The van der Waals surface area contributed by atoms with Crippen molar-refractivity contribution < 1.29 is 23.5 Å². The van der Waals surface area contributed by atoms with E-state index in [2.05, 4.69) is 5.32 Å². The molecule has 7 heteroatoms. The van der Waals surface area contributed by atoms with Crippen LogP contribution < -0.4 is 15.7 Å². The van der Waals surface area contributed by atoms with Crippen LogP contribution in [-0.2, 0) is 16.0 Å². The van der Waals surface area contributed by atoms with Crippen molar-refractivity contribution in [3.8, 4) is 5.75 Å². The van der Waals surface area contributed by atoms with Crippen LogP contribution in [-0.4, -0.2) is 23.7 Å². The Bertz CT molecular complexity index is 938. The number of benzene rings is 1. The van der Waals surface area contributed by atoms with Crippen molar-refractivity contribution in [1.82, 2.24) is 5.32 Å². The largest absolute Gasteiger partial charge is 0.444 e. The summed E-state index contributed by atoms with van der Waals surface area (Å²) in [7, 11) is 0. The van der Waals surface area contributed by atoms with Gasteiger partial charge in [-0.1, -0.05) is 20.8 Å². The predicted molar refractivity (Wildman–Crippen MR) is 110 cm³/mol. The second kappa shape index (κ2) is 9.11. The fraction of sp³-hybridized carbons (Fsp3) is 0.500. The lowest BCUT2D eigenvalue weighted by Crippen LogP contribution is -2.45. The first-order chi connectivity index (χ1) is 13.5. The Kier molecular flexibility index (Phi) is 7.06. The molecule has 158 valence electrons. The molecule has 1 heterocycles. The molecule has 0 spiro atoms. The summed E-state index contributed by atoms with van der Waals surface area (Å²) in [5.74, 6) is -0.235. The van der Waals surface area contributed by atoms with Gasteiger partial charge in [-0.2, -0.15) is 0 Å². The summed E-state index contributed by atoms with van der Waals surface area (Å²) in [4.78, 5) is 36.5. The molecule has 0 unspecified atom stereocenters. The normalized spacial score (nSPS) is 12.7. The van der Waals surface area contributed by atoms with Crippen LogP contribution in [0.3, 0.4) is 0 Å². The number of rotatable bonds is 6. The van der Waals surface area contributed by atoms with Gasteiger partial charge in [0.05, 0.1) is 0 Å². The fourth-order valence-electron chi connectivity index (χ4n) is 2.89. The molecule has 2 rings (SSSR count). The lowest BCUT2D eigenvalue weighted by atomic mass is 10.0. The van der Waals surface area contributed by atoms with E-state index < -0.39 is 29.3 Å². The Labute approximate surface area is 170 Å². The number of carbonyl (C=O) groups excluding carboxylic acids is 2. The topological polar surface area (TPSA) is 94.8 Å². The lowest BCUT2D eigenvalue weighted by molar-refractivity contribution is -0.137. The summed E-state index contributed by atoms with van der Waals surface area (Å²) in [5, 5.41) is 3.37. The van der Waals surface area contributed by atoms with Crippen LogP contribution in [0.4, 0.5) is 4.79 Å². The first-order valence-electron chi connectivity index (χ1n) is 9.76. The highest BCUT2D eigenvalue weighted by Gasteiger charge is 2.27. The van der Waals surface area contributed by atoms with Gasteiger partial charge in [-0.3, -0.25) is 0 Å². The van der Waals surface area contributed by atoms with E-state index in [9.17, 15) is 14.4 Å². The molecule has 1 aromatic carbocycles. The van der Waals surface area contributed by atoms with Gasteiger partial charge < -0.3 is 19.2 Å². The number of nitrogens with one attached hydrogen (secondary N) is 1. The highest BCUT2D eigenvalue weighted by atomic mass is 16.6. The number of aryl methyl sites for hydroxylation is 1. The van der Waals surface area contributed by atoms with Crippen molar-refractivity contribution in [1.29, 1.82) is 0 Å². The molecule has 0 saturated carbocycles. The zero-order valence-electron chi connectivity index (χ0n) is 17.8. The number of alkyl carbamates (subject to hydrolysis) is 1. The van der Waals surface area contributed by atoms with Crippen molar-refractivity contribution in [3.05, 3.63) is 40.2 Å². The average Bonchev–Trinajstić information content (AvgIpc) is 2.57. The van der Waals surface area contributed by atoms with Crippen molar-refractivity contribution in [3.63, 3.8) is 0 Å². The Hall–Kier alpha value is -2.83. The molecule has 1 amide bonds. The van der Waals surface area contributed by atoms with Crippen LogP contribution >= 0.6 is 0 Å². The summed E-state index contributed by atoms with van der Waals surface area (Å²) >= 11 is 0. The standard InChI is InChI=1S/C22H29NO6/c1-7-14-11-19(24)28-18-12-15(8-9-16(14)18)27-20(25)17(10-13(2)3)23-21(26)29-22(4,5)6/h8-9,11-13,17H,7,10H2,1-6H3,(H,23,26)/t17-/m0/s1. The number of ether oxygens (including phenoxy) is 2. The third kappa shape index (κ3) is 6.62. The van der Waals surface area contributed by atoms with E-state index in [1.807, 2.05) is 20.8 Å². The van der Waals surface area contributed by atoms with Crippen LogP contribution in [0.25, 0.3) is 11.0 Å². The molecule has 0 aliphatic rings. The number of amides is 1. The number of carbonyl (C=O) groups is 2. The molecule has 0 saturated heterocycles. The highest BCUT2D eigenvalue weighted by Crippen LogP contribution is 2.23. The third-order valence-corrected chi connectivity index (χ3v) is 4.08. The van der Waals surface area contributed by atoms with Crippen LogP contribution in [0.2, 0.25) is 0 Å². The van der Waals surface area contributed by atoms with Crippen molar-refractivity contribution >= 4 is 23.0 Å². The molecule has 0 aliphatic heterocycles. The fourth-order valence-corrected chi connectivity index (χ4v) is 2.89. The van der Waals surface area contributed by atoms with Gasteiger partial charge in [-0.05, 0) is 57.2 Å². The molecular formula is C22H29NO6. The second-order valence-corrected chi connectivity index (χ2v) is 8.35. The van der Waals surface area contributed by atoms with E-state index >= 15 is 0 Å². The van der Waals surface area contributed by atoms with Gasteiger partial charge in [0, 0.05) is 17.5 Å². The maximum Gasteiger partial charge on any atom is 0.408 e. The summed E-state index contributed by atoms with van der Waals surface area (Å²) in [6, 6.07) is 5.48. The van der Waals surface area contributed by atoms with E-state index in [0.29, 0.717) is 18.4 Å². The molecule has 29 heavy (non-hydrogen) atoms. The summed E-state index contributed by atoms with van der Waals surface area (Å²) in [5.41, 5.74) is 0.0733. The minimum Gasteiger partial charge on any atom is -0.444 e. The number of hydrogen-bond acceptors (Lipinski definition) is 6. The summed E-state index contributed by atoms with van der Waals surface area (Å²) in [6.45, 7) is 11.1. The van der Waals surface area contributed by atoms with Gasteiger partial charge in [0.1, 0.15) is 23.0 Å². The zero-order valence-corrected chi connectivity index (χ0v) is 17.8. The molecule has 7 nitrogen and oxygen atoms in total. The van der Waals surface area contributed by atoms with Crippen LogP contribution in [0.5, 0.6) is 5.75 Å². The highest BCUT2D eigenvalue weighted by molar-refractivity contribution is 5.85. The number of fused-ring (bicyclic) bond motifs is 1. The van der Waals surface area contributed by atoms with Gasteiger partial charge in [-0.15, -0.1) is 0 Å². The quantitative estimate of drug-likeness (QED) is 0.441. The number of esters is 1. The van der Waals surface area contributed by atoms with Crippen molar-refractivity contribution in [2.45, 2.75) is 66.0 Å². The smallest absolute Gasteiger partial charge is 0.408 e. The molecule has 1 aromatic heterocycles. The monoisotopic (exact) mass is 403 g/mol. The zero-order chi connectivity index (χ0) is 21.8. The maximum absolute atomic E-state index is 12.7. The Morgan fingerprint density at radius 1 is 1.17 bits per heavy atom. The predicted octanol–water partition coefficient (Wildman–Crippen LogP) is 4.20. The van der Waals surface area contributed by atoms with Crippen LogP contribution in [0.1, 0.15) is 53.5 Å². The second-order valence-electron chi connectivity index (χ2n) is 8.35. The van der Waals surface area contributed by atoms with Gasteiger partial charge in [-0.25, -0.2) is 14.4 Å². The molecule has 1 N–H and O–H groups in total. The minimum atomic E-state index is -0.866. The van der Waals surface area contributed by atoms with Gasteiger partial charge >= 0.3 is 17.7 Å². The molecule has 0 fully saturated rings. The lowest BCUT2D eigenvalue weighted by Gasteiger charge is -2.23. The van der Waals surface area contributed by atoms with Gasteiger partial charge in [0.25, 0.3) is 0 Å². The maximum atomic E-state index is 12.7. The van der Waals surface area contributed by atoms with Crippen LogP contribution in [0.15, 0.2) is 33.5 Å². The molecule has 0 radical (unpaired) electrons. The first kappa shape index (κ1) is 22.5. The van der Waals surface area contributed by atoms with E-state index in [1.54, 1.807) is 32.9 Å². The Morgan fingerprint density at radius 2 is 1.86 bits per heavy atom. The van der Waals surface area contributed by atoms with Crippen LogP contribution in [0, 0.1) is 5.92 Å². The molecular weight excluding hydrogens is 374 g/mol. The minimum absolute atomic E-state index is 0.143. The molecule has 0 aliphatic carbocycles. The summed E-state index contributed by atoms with van der Waals surface area (Å²) in [6.07, 6.45) is 0.385. The molecule has 2 aromatic rings.